The van der Waals surface area contributed by atoms with Gasteiger partial charge in [-0.15, -0.1) is 11.8 Å². The third-order valence-corrected chi connectivity index (χ3v) is 2.91. The molecule has 0 aliphatic carbocycles. The van der Waals surface area contributed by atoms with Gasteiger partial charge in [0.25, 0.3) is 0 Å². The molecule has 0 fully saturated rings. The molecule has 0 radical (unpaired) electrons. The second-order valence-corrected chi connectivity index (χ2v) is 4.03. The number of nitrogens with one attached hydrogen (secondary N) is 1. The molecule has 0 bridgehead atoms. The highest BCUT2D eigenvalue weighted by Gasteiger charge is 2.13. The fourth-order valence-corrected chi connectivity index (χ4v) is 2.17. The lowest BCUT2D eigenvalue weighted by Crippen LogP contribution is -2.19. The van der Waals surface area contributed by atoms with Crippen LogP contribution in [-0.4, -0.2) is 25.6 Å². The first-order valence-electron chi connectivity index (χ1n) is 4.21. The van der Waals surface area contributed by atoms with Gasteiger partial charge in [0.15, 0.2) is 5.78 Å². The molecule has 2 nitrogen and oxygen atoms in total. The van der Waals surface area contributed by atoms with Crippen molar-refractivity contribution >= 4 is 29.1 Å². The molecular formula is C10H12ClNOS. The maximum absolute atomic E-state index is 11.7. The minimum absolute atomic E-state index is 0.0300. The van der Waals surface area contributed by atoms with Crippen molar-refractivity contribution < 1.29 is 4.79 Å². The Morgan fingerprint density at radius 2 is 2.29 bits per heavy atom. The van der Waals surface area contributed by atoms with Gasteiger partial charge >= 0.3 is 0 Å². The molecule has 1 aromatic rings. The van der Waals surface area contributed by atoms with Crippen molar-refractivity contribution in [2.24, 2.45) is 0 Å². The molecule has 0 saturated heterocycles. The number of rotatable bonds is 4. The summed E-state index contributed by atoms with van der Waals surface area (Å²) in [6.07, 6.45) is 1.93. The van der Waals surface area contributed by atoms with Crippen LogP contribution in [0, 0.1) is 0 Å². The van der Waals surface area contributed by atoms with Crippen molar-refractivity contribution in [1.29, 1.82) is 0 Å². The number of benzene rings is 1. The van der Waals surface area contributed by atoms with Crippen LogP contribution in [0.15, 0.2) is 23.1 Å². The van der Waals surface area contributed by atoms with Gasteiger partial charge in [-0.3, -0.25) is 4.79 Å². The van der Waals surface area contributed by atoms with Gasteiger partial charge in [0.05, 0.1) is 17.1 Å². The molecule has 0 amide bonds. The number of ketones is 1. The molecule has 0 unspecified atom stereocenters. The van der Waals surface area contributed by atoms with E-state index in [0.717, 1.165) is 4.90 Å². The van der Waals surface area contributed by atoms with Crippen LogP contribution < -0.4 is 5.32 Å². The number of carbonyl (C=O) groups is 1. The summed E-state index contributed by atoms with van der Waals surface area (Å²) in [5.74, 6) is 0.0300. The fourth-order valence-electron chi connectivity index (χ4n) is 1.19. The summed E-state index contributed by atoms with van der Waals surface area (Å²) in [7, 11) is 1.74. The molecule has 0 saturated carbocycles. The largest absolute Gasteiger partial charge is 0.313 e. The average Bonchev–Trinajstić information content (AvgIpc) is 2.17. The average molecular weight is 230 g/mol. The molecular weight excluding hydrogens is 218 g/mol. The first kappa shape index (κ1) is 11.6. The zero-order valence-electron chi connectivity index (χ0n) is 8.13. The van der Waals surface area contributed by atoms with Crippen LogP contribution in [0.25, 0.3) is 0 Å². The van der Waals surface area contributed by atoms with E-state index in [0.29, 0.717) is 17.1 Å². The van der Waals surface area contributed by atoms with Crippen LogP contribution in [0.1, 0.15) is 10.4 Å². The van der Waals surface area contributed by atoms with Gasteiger partial charge in [-0.2, -0.15) is 0 Å². The summed E-state index contributed by atoms with van der Waals surface area (Å²) >= 11 is 7.51. The zero-order valence-corrected chi connectivity index (χ0v) is 9.71. The molecule has 1 rings (SSSR count). The van der Waals surface area contributed by atoms with Gasteiger partial charge in [-0.1, -0.05) is 17.7 Å². The second kappa shape index (κ2) is 5.39. The predicted octanol–water partition coefficient (Wildman–Crippen LogP) is 2.46. The van der Waals surface area contributed by atoms with Gasteiger partial charge in [0.1, 0.15) is 0 Å². The Hall–Kier alpha value is -0.510. The Morgan fingerprint density at radius 3 is 2.86 bits per heavy atom. The molecule has 76 valence electrons. The molecule has 0 aromatic heterocycles. The van der Waals surface area contributed by atoms with Crippen LogP contribution >= 0.6 is 23.4 Å². The van der Waals surface area contributed by atoms with Crippen LogP contribution in [0.3, 0.4) is 0 Å². The third kappa shape index (κ3) is 2.50. The van der Waals surface area contributed by atoms with Gasteiger partial charge < -0.3 is 5.32 Å². The Bertz CT molecular complexity index is 341. The van der Waals surface area contributed by atoms with Crippen molar-refractivity contribution in [3.63, 3.8) is 0 Å². The summed E-state index contributed by atoms with van der Waals surface area (Å²) in [5.41, 5.74) is 0.621. The molecule has 1 N–H and O–H groups in total. The van der Waals surface area contributed by atoms with Crippen molar-refractivity contribution in [3.8, 4) is 0 Å². The Kier molecular flexibility index (Phi) is 4.45. The Labute approximate surface area is 93.0 Å². The molecule has 0 heterocycles. The number of hydrogen-bond acceptors (Lipinski definition) is 3. The van der Waals surface area contributed by atoms with Crippen molar-refractivity contribution in [1.82, 2.24) is 5.32 Å². The van der Waals surface area contributed by atoms with E-state index in [4.69, 9.17) is 11.6 Å². The molecule has 0 spiro atoms. The first-order valence-corrected chi connectivity index (χ1v) is 5.81. The monoisotopic (exact) mass is 229 g/mol. The summed E-state index contributed by atoms with van der Waals surface area (Å²) < 4.78 is 0. The number of halogens is 1. The highest BCUT2D eigenvalue weighted by molar-refractivity contribution is 7.98. The van der Waals surface area contributed by atoms with Crippen LogP contribution in [0.5, 0.6) is 0 Å². The van der Waals surface area contributed by atoms with E-state index in [-0.39, 0.29) is 5.78 Å². The highest BCUT2D eigenvalue weighted by atomic mass is 35.5. The number of likely N-dealkylation sites (N-methyl/N-ethyl adjacent to an activating group) is 1. The maximum atomic E-state index is 11.7. The Morgan fingerprint density at radius 1 is 1.57 bits per heavy atom. The zero-order chi connectivity index (χ0) is 10.6. The number of hydrogen-bond donors (Lipinski definition) is 1. The first-order chi connectivity index (χ1) is 6.70. The van der Waals surface area contributed by atoms with E-state index in [1.807, 2.05) is 18.4 Å². The van der Waals surface area contributed by atoms with E-state index in [2.05, 4.69) is 5.32 Å². The molecule has 4 heteroatoms. The molecule has 0 atom stereocenters. The van der Waals surface area contributed by atoms with E-state index < -0.39 is 0 Å². The van der Waals surface area contributed by atoms with E-state index in [9.17, 15) is 4.79 Å². The highest BCUT2D eigenvalue weighted by Crippen LogP contribution is 2.27. The molecule has 0 aliphatic heterocycles. The van der Waals surface area contributed by atoms with E-state index >= 15 is 0 Å². The van der Waals surface area contributed by atoms with Gasteiger partial charge in [-0.05, 0) is 25.4 Å². The maximum Gasteiger partial charge on any atom is 0.179 e. The molecule has 14 heavy (non-hydrogen) atoms. The van der Waals surface area contributed by atoms with Crippen molar-refractivity contribution in [3.05, 3.63) is 28.8 Å². The summed E-state index contributed by atoms with van der Waals surface area (Å²) in [6.45, 7) is 0.317. The predicted molar refractivity (Wildman–Crippen MR) is 61.5 cm³/mol. The third-order valence-electron chi connectivity index (χ3n) is 1.81. The van der Waals surface area contributed by atoms with Gasteiger partial charge in [-0.25, -0.2) is 0 Å². The minimum atomic E-state index is 0.0300. The van der Waals surface area contributed by atoms with Crippen LogP contribution in [-0.2, 0) is 0 Å². The topological polar surface area (TPSA) is 29.1 Å². The summed E-state index contributed by atoms with van der Waals surface area (Å²) in [4.78, 5) is 12.6. The number of Topliss-reactive ketones (excluding diaryl/α,β-unsaturated/α-hetero) is 1. The number of thioether (sulfide) groups is 1. The Balaban J connectivity index is 3.10. The fraction of sp³-hybridized carbons (Fsp3) is 0.300. The lowest BCUT2D eigenvalue weighted by molar-refractivity contribution is 0.0991. The standard InChI is InChI=1S/C10H12ClNOS/c1-12-6-8(13)10-7(11)4-3-5-9(10)14-2/h3-5,12H,6H2,1-2H3. The van der Waals surface area contributed by atoms with Crippen LogP contribution in [0.2, 0.25) is 5.02 Å². The van der Waals surface area contributed by atoms with Crippen molar-refractivity contribution in [2.75, 3.05) is 19.8 Å². The summed E-state index contributed by atoms with van der Waals surface area (Å²) in [5, 5.41) is 3.35. The van der Waals surface area contributed by atoms with E-state index in [1.54, 1.807) is 13.1 Å². The van der Waals surface area contributed by atoms with Gasteiger partial charge in [0, 0.05) is 4.90 Å². The molecule has 0 aliphatic rings. The van der Waals surface area contributed by atoms with Crippen molar-refractivity contribution in [2.45, 2.75) is 4.90 Å². The number of carbonyl (C=O) groups excluding carboxylic acids is 1. The minimum Gasteiger partial charge on any atom is -0.313 e. The normalized spacial score (nSPS) is 10.2. The van der Waals surface area contributed by atoms with Gasteiger partial charge in [0.2, 0.25) is 0 Å². The lowest BCUT2D eigenvalue weighted by Gasteiger charge is -2.07. The lowest BCUT2D eigenvalue weighted by atomic mass is 10.1. The quantitative estimate of drug-likeness (QED) is 0.635. The van der Waals surface area contributed by atoms with Crippen LogP contribution in [0.4, 0.5) is 0 Å². The smallest absolute Gasteiger partial charge is 0.179 e. The SMILES string of the molecule is CNCC(=O)c1c(Cl)cccc1SC. The molecule has 1 aromatic carbocycles. The summed E-state index contributed by atoms with van der Waals surface area (Å²) in [6, 6.07) is 5.49. The van der Waals surface area contributed by atoms with E-state index in [1.165, 1.54) is 11.8 Å². The second-order valence-electron chi connectivity index (χ2n) is 2.77.